The van der Waals surface area contributed by atoms with E-state index in [1.165, 1.54) is 34.8 Å². The molecule has 2 N–H and O–H groups in total. The van der Waals surface area contributed by atoms with Crippen molar-refractivity contribution in [2.24, 2.45) is 0 Å². The van der Waals surface area contributed by atoms with E-state index in [0.29, 0.717) is 22.8 Å². The predicted molar refractivity (Wildman–Crippen MR) is 108 cm³/mol. The number of hydrogen-bond donors (Lipinski definition) is 2. The fourth-order valence-electron chi connectivity index (χ4n) is 3.34. The summed E-state index contributed by atoms with van der Waals surface area (Å²) in [4.78, 5) is 18.7. The van der Waals surface area contributed by atoms with E-state index in [0.717, 1.165) is 24.8 Å². The van der Waals surface area contributed by atoms with Crippen molar-refractivity contribution < 1.29 is 4.79 Å². The minimum absolute atomic E-state index is 0.118. The maximum atomic E-state index is 12.5. The highest BCUT2D eigenvalue weighted by atomic mass is 35.5. The van der Waals surface area contributed by atoms with Gasteiger partial charge in [0.05, 0.1) is 28.2 Å². The highest BCUT2D eigenvalue weighted by Gasteiger charge is 2.16. The van der Waals surface area contributed by atoms with Gasteiger partial charge in [-0.15, -0.1) is 11.3 Å². The first-order chi connectivity index (χ1) is 13.2. The molecule has 0 atom stereocenters. The molecule has 0 radical (unpaired) electrons. The van der Waals surface area contributed by atoms with Crippen LogP contribution in [0.25, 0.3) is 11.3 Å². The first-order valence-corrected chi connectivity index (χ1v) is 10.4. The smallest absolute Gasteiger partial charge is 0.255 e. The summed E-state index contributed by atoms with van der Waals surface area (Å²) < 4.78 is 0. The van der Waals surface area contributed by atoms with E-state index >= 15 is 0 Å². The lowest BCUT2D eigenvalue weighted by molar-refractivity contribution is 0.0954. The molecular weight excluding hydrogens is 380 g/mol. The largest absolute Gasteiger partial charge is 0.352 e. The van der Waals surface area contributed by atoms with Crippen molar-refractivity contribution in [1.82, 2.24) is 20.5 Å². The molecule has 4 rings (SSSR count). The second-order valence-corrected chi connectivity index (χ2v) is 8.31. The number of H-pyrrole nitrogens is 1. The fourth-order valence-corrected chi connectivity index (χ4v) is 4.67. The second kappa shape index (κ2) is 8.23. The Labute approximate surface area is 167 Å². The van der Waals surface area contributed by atoms with E-state index in [4.69, 9.17) is 16.6 Å². The zero-order chi connectivity index (χ0) is 18.6. The maximum absolute atomic E-state index is 12.5. The molecule has 7 heteroatoms. The van der Waals surface area contributed by atoms with Crippen molar-refractivity contribution in [1.29, 1.82) is 0 Å². The topological polar surface area (TPSA) is 70.7 Å². The number of aromatic nitrogens is 3. The minimum Gasteiger partial charge on any atom is -0.352 e. The standard InChI is InChI=1S/C20H21ClN4OS/c21-14-9-7-13(8-10-14)19-15(12-23-25-19)20(26)22-11-3-6-18-24-16-4-1-2-5-17(16)27-18/h7-10,12H,1-6,11H2,(H,22,26)(H,23,25). The summed E-state index contributed by atoms with van der Waals surface area (Å²) in [5.74, 6) is -0.118. The normalized spacial score (nSPS) is 13.4. The van der Waals surface area contributed by atoms with Crippen LogP contribution in [0, 0.1) is 0 Å². The highest BCUT2D eigenvalue weighted by Crippen LogP contribution is 2.27. The molecule has 5 nitrogen and oxygen atoms in total. The van der Waals surface area contributed by atoms with Crippen LogP contribution in [-0.2, 0) is 19.3 Å². The molecule has 1 amide bonds. The monoisotopic (exact) mass is 400 g/mol. The summed E-state index contributed by atoms with van der Waals surface area (Å²) in [6.07, 6.45) is 8.19. The van der Waals surface area contributed by atoms with Crippen LogP contribution in [0.5, 0.6) is 0 Å². The zero-order valence-electron chi connectivity index (χ0n) is 14.9. The molecule has 0 fully saturated rings. The van der Waals surface area contributed by atoms with Crippen molar-refractivity contribution in [2.45, 2.75) is 38.5 Å². The molecule has 140 valence electrons. The molecule has 0 unspecified atom stereocenters. The van der Waals surface area contributed by atoms with Crippen LogP contribution < -0.4 is 5.32 Å². The molecule has 0 saturated carbocycles. The lowest BCUT2D eigenvalue weighted by atomic mass is 10.0. The Morgan fingerprint density at radius 2 is 2.04 bits per heavy atom. The summed E-state index contributed by atoms with van der Waals surface area (Å²) in [5.41, 5.74) is 3.44. The van der Waals surface area contributed by atoms with Gasteiger partial charge in [-0.25, -0.2) is 4.98 Å². The number of rotatable bonds is 6. The van der Waals surface area contributed by atoms with Crippen molar-refractivity contribution in [3.63, 3.8) is 0 Å². The van der Waals surface area contributed by atoms with Crippen LogP contribution in [0.1, 0.15) is 45.2 Å². The molecule has 1 aliphatic carbocycles. The SMILES string of the molecule is O=C(NCCCc1nc2c(s1)CCCC2)c1cn[nH]c1-c1ccc(Cl)cc1. The zero-order valence-corrected chi connectivity index (χ0v) is 16.5. The van der Waals surface area contributed by atoms with E-state index in [2.05, 4.69) is 15.5 Å². The van der Waals surface area contributed by atoms with Gasteiger partial charge in [-0.05, 0) is 44.2 Å². The van der Waals surface area contributed by atoms with E-state index in [1.54, 1.807) is 18.3 Å². The van der Waals surface area contributed by atoms with Crippen LogP contribution in [-0.4, -0.2) is 27.6 Å². The average Bonchev–Trinajstić information content (AvgIpc) is 3.32. The van der Waals surface area contributed by atoms with Gasteiger partial charge in [0.15, 0.2) is 0 Å². The van der Waals surface area contributed by atoms with Crippen LogP contribution in [0.4, 0.5) is 0 Å². The Morgan fingerprint density at radius 3 is 2.85 bits per heavy atom. The Bertz CT molecular complexity index is 908. The third-order valence-electron chi connectivity index (χ3n) is 4.76. The van der Waals surface area contributed by atoms with Gasteiger partial charge >= 0.3 is 0 Å². The fraction of sp³-hybridized carbons (Fsp3) is 0.350. The van der Waals surface area contributed by atoms with Crippen LogP contribution >= 0.6 is 22.9 Å². The molecule has 1 aliphatic rings. The van der Waals surface area contributed by atoms with E-state index in [-0.39, 0.29) is 5.91 Å². The third-order valence-corrected chi connectivity index (χ3v) is 6.23. The number of halogens is 1. The Balaban J connectivity index is 1.32. The summed E-state index contributed by atoms with van der Waals surface area (Å²) in [6.45, 7) is 0.619. The van der Waals surface area contributed by atoms with Gasteiger partial charge < -0.3 is 5.32 Å². The molecule has 2 heterocycles. The molecule has 0 bridgehead atoms. The summed E-state index contributed by atoms with van der Waals surface area (Å²) in [6, 6.07) is 7.34. The first kappa shape index (κ1) is 18.2. The van der Waals surface area contributed by atoms with Crippen molar-refractivity contribution in [2.75, 3.05) is 6.54 Å². The highest BCUT2D eigenvalue weighted by molar-refractivity contribution is 7.11. The molecule has 3 aromatic rings. The lowest BCUT2D eigenvalue weighted by Crippen LogP contribution is -2.25. The lowest BCUT2D eigenvalue weighted by Gasteiger charge is -2.06. The van der Waals surface area contributed by atoms with Gasteiger partial charge in [-0.1, -0.05) is 23.7 Å². The molecule has 0 spiro atoms. The van der Waals surface area contributed by atoms with Gasteiger partial charge in [0.1, 0.15) is 0 Å². The van der Waals surface area contributed by atoms with Crippen molar-refractivity contribution >= 4 is 28.8 Å². The van der Waals surface area contributed by atoms with Gasteiger partial charge in [0.2, 0.25) is 0 Å². The molecular formula is C20H21ClN4OS. The third kappa shape index (κ3) is 4.22. The van der Waals surface area contributed by atoms with Crippen LogP contribution in [0.15, 0.2) is 30.5 Å². The summed E-state index contributed by atoms with van der Waals surface area (Å²) in [5, 5.41) is 11.8. The number of hydrogen-bond acceptors (Lipinski definition) is 4. The number of carbonyl (C=O) groups excluding carboxylic acids is 1. The number of benzene rings is 1. The number of thiazole rings is 1. The van der Waals surface area contributed by atoms with Crippen LogP contribution in [0.2, 0.25) is 5.02 Å². The quantitative estimate of drug-likeness (QED) is 0.601. The predicted octanol–water partition coefficient (Wildman–Crippen LogP) is 4.43. The number of amides is 1. The molecule has 27 heavy (non-hydrogen) atoms. The minimum atomic E-state index is -0.118. The molecule has 2 aromatic heterocycles. The van der Waals surface area contributed by atoms with Crippen LogP contribution in [0.3, 0.4) is 0 Å². The molecule has 1 aromatic carbocycles. The van der Waals surface area contributed by atoms with Gasteiger partial charge in [0, 0.05) is 28.4 Å². The Morgan fingerprint density at radius 1 is 1.22 bits per heavy atom. The van der Waals surface area contributed by atoms with Crippen molar-refractivity contribution in [3.8, 4) is 11.3 Å². The van der Waals surface area contributed by atoms with Crippen molar-refractivity contribution in [3.05, 3.63) is 56.6 Å². The molecule has 0 saturated heterocycles. The summed E-state index contributed by atoms with van der Waals surface area (Å²) in [7, 11) is 0. The number of nitrogens with zero attached hydrogens (tertiary/aromatic N) is 2. The number of nitrogens with one attached hydrogen (secondary N) is 2. The number of carbonyl (C=O) groups is 1. The Hall–Kier alpha value is -2.18. The first-order valence-electron chi connectivity index (χ1n) is 9.25. The van der Waals surface area contributed by atoms with E-state index < -0.39 is 0 Å². The number of aryl methyl sites for hydroxylation is 3. The maximum Gasteiger partial charge on any atom is 0.255 e. The van der Waals surface area contributed by atoms with E-state index in [1.807, 2.05) is 23.5 Å². The Kier molecular flexibility index (Phi) is 5.55. The number of aromatic amines is 1. The van der Waals surface area contributed by atoms with E-state index in [9.17, 15) is 4.79 Å². The van der Waals surface area contributed by atoms with Gasteiger partial charge in [0.25, 0.3) is 5.91 Å². The second-order valence-electron chi connectivity index (χ2n) is 6.71. The van der Waals surface area contributed by atoms with Gasteiger partial charge in [-0.3, -0.25) is 9.89 Å². The number of fused-ring (bicyclic) bond motifs is 1. The average molecular weight is 401 g/mol. The van der Waals surface area contributed by atoms with Gasteiger partial charge in [-0.2, -0.15) is 5.10 Å². The summed E-state index contributed by atoms with van der Waals surface area (Å²) >= 11 is 7.78. The molecule has 0 aliphatic heterocycles.